The summed E-state index contributed by atoms with van der Waals surface area (Å²) in [5.41, 5.74) is 4.66. The van der Waals surface area contributed by atoms with E-state index in [4.69, 9.17) is 11.6 Å². The number of thiazole rings is 1. The SMILES string of the molecule is N#Cc1cc(Cl)ccc1N1CCCN(Cc2cscn2)CC1. The van der Waals surface area contributed by atoms with Crippen LogP contribution in [0.4, 0.5) is 5.69 Å². The normalized spacial score (nSPS) is 16.3. The van der Waals surface area contributed by atoms with Crippen LogP contribution < -0.4 is 4.90 Å². The third kappa shape index (κ3) is 3.58. The lowest BCUT2D eigenvalue weighted by atomic mass is 10.1. The predicted octanol–water partition coefficient (Wildman–Crippen LogP) is 3.38. The molecule has 1 saturated heterocycles. The van der Waals surface area contributed by atoms with Crippen molar-refractivity contribution in [3.05, 3.63) is 45.4 Å². The third-order valence-corrected chi connectivity index (χ3v) is 4.75. The molecule has 0 radical (unpaired) electrons. The van der Waals surface area contributed by atoms with Gasteiger partial charge in [0.15, 0.2) is 0 Å². The molecule has 1 aliphatic rings. The monoisotopic (exact) mass is 332 g/mol. The van der Waals surface area contributed by atoms with Crippen molar-refractivity contribution in [3.63, 3.8) is 0 Å². The fourth-order valence-electron chi connectivity index (χ4n) is 2.79. The molecule has 1 aromatic carbocycles. The first-order valence-electron chi connectivity index (χ1n) is 7.30. The van der Waals surface area contributed by atoms with Crippen LogP contribution in [0.25, 0.3) is 0 Å². The Morgan fingerprint density at radius 3 is 2.95 bits per heavy atom. The van der Waals surface area contributed by atoms with Gasteiger partial charge in [0, 0.05) is 43.1 Å². The molecule has 0 amide bonds. The van der Waals surface area contributed by atoms with Crippen LogP contribution in [0.1, 0.15) is 17.7 Å². The number of anilines is 1. The zero-order chi connectivity index (χ0) is 15.4. The van der Waals surface area contributed by atoms with E-state index in [9.17, 15) is 5.26 Å². The van der Waals surface area contributed by atoms with Crippen LogP contribution in [0.5, 0.6) is 0 Å². The smallest absolute Gasteiger partial charge is 0.101 e. The van der Waals surface area contributed by atoms with E-state index in [2.05, 4.69) is 26.2 Å². The van der Waals surface area contributed by atoms with E-state index in [0.29, 0.717) is 10.6 Å². The molecule has 0 aliphatic carbocycles. The number of rotatable bonds is 3. The predicted molar refractivity (Wildman–Crippen MR) is 90.4 cm³/mol. The highest BCUT2D eigenvalue weighted by atomic mass is 35.5. The molecule has 0 saturated carbocycles. The van der Waals surface area contributed by atoms with E-state index in [1.807, 2.05) is 17.6 Å². The highest BCUT2D eigenvalue weighted by Gasteiger charge is 2.18. The second-order valence-electron chi connectivity index (χ2n) is 5.37. The lowest BCUT2D eigenvalue weighted by Crippen LogP contribution is -2.30. The maximum absolute atomic E-state index is 9.31. The largest absolute Gasteiger partial charge is 0.369 e. The van der Waals surface area contributed by atoms with Crippen molar-refractivity contribution >= 4 is 28.6 Å². The zero-order valence-corrected chi connectivity index (χ0v) is 13.8. The molecule has 0 bridgehead atoms. The fourth-order valence-corrected chi connectivity index (χ4v) is 3.51. The summed E-state index contributed by atoms with van der Waals surface area (Å²) < 4.78 is 0. The number of aromatic nitrogens is 1. The molecule has 3 rings (SSSR count). The first-order valence-corrected chi connectivity index (χ1v) is 8.62. The molecular formula is C16H17ClN4S. The van der Waals surface area contributed by atoms with Gasteiger partial charge in [-0.05, 0) is 24.6 Å². The minimum Gasteiger partial charge on any atom is -0.369 e. The third-order valence-electron chi connectivity index (χ3n) is 3.88. The van der Waals surface area contributed by atoms with Crippen molar-refractivity contribution in [2.45, 2.75) is 13.0 Å². The lowest BCUT2D eigenvalue weighted by molar-refractivity contribution is 0.282. The van der Waals surface area contributed by atoms with Gasteiger partial charge in [-0.2, -0.15) is 5.26 Å². The van der Waals surface area contributed by atoms with Crippen LogP contribution in [0.2, 0.25) is 5.02 Å². The van der Waals surface area contributed by atoms with Gasteiger partial charge in [0.05, 0.1) is 22.5 Å². The topological polar surface area (TPSA) is 43.2 Å². The summed E-state index contributed by atoms with van der Waals surface area (Å²) in [6.07, 6.45) is 1.08. The Hall–Kier alpha value is -1.61. The second kappa shape index (κ2) is 7.10. The summed E-state index contributed by atoms with van der Waals surface area (Å²) in [7, 11) is 0. The van der Waals surface area contributed by atoms with Gasteiger partial charge in [-0.25, -0.2) is 4.98 Å². The van der Waals surface area contributed by atoms with Crippen molar-refractivity contribution in [2.75, 3.05) is 31.1 Å². The van der Waals surface area contributed by atoms with E-state index < -0.39 is 0 Å². The lowest BCUT2D eigenvalue weighted by Gasteiger charge is -2.24. The highest BCUT2D eigenvalue weighted by Crippen LogP contribution is 2.25. The first-order chi connectivity index (χ1) is 10.8. The van der Waals surface area contributed by atoms with Crippen LogP contribution in [-0.4, -0.2) is 36.1 Å². The van der Waals surface area contributed by atoms with Gasteiger partial charge in [-0.3, -0.25) is 4.90 Å². The van der Waals surface area contributed by atoms with Gasteiger partial charge in [0.2, 0.25) is 0 Å². The number of nitriles is 1. The van der Waals surface area contributed by atoms with Crippen LogP contribution >= 0.6 is 22.9 Å². The summed E-state index contributed by atoms with van der Waals surface area (Å²) in [6.45, 7) is 4.82. The van der Waals surface area contributed by atoms with E-state index in [-0.39, 0.29) is 0 Å². The van der Waals surface area contributed by atoms with Gasteiger partial charge < -0.3 is 4.90 Å². The van der Waals surface area contributed by atoms with Crippen LogP contribution in [-0.2, 0) is 6.54 Å². The Bertz CT molecular complexity index is 665. The first kappa shape index (κ1) is 15.3. The summed E-state index contributed by atoms with van der Waals surface area (Å²) in [5.74, 6) is 0. The maximum atomic E-state index is 9.31. The van der Waals surface area contributed by atoms with Crippen molar-refractivity contribution < 1.29 is 0 Å². The molecule has 22 heavy (non-hydrogen) atoms. The van der Waals surface area contributed by atoms with Crippen molar-refractivity contribution in [2.24, 2.45) is 0 Å². The molecule has 2 heterocycles. The second-order valence-corrected chi connectivity index (χ2v) is 6.52. The van der Waals surface area contributed by atoms with Gasteiger partial charge in [-0.15, -0.1) is 11.3 Å². The molecule has 2 aromatic rings. The Balaban J connectivity index is 1.69. The Morgan fingerprint density at radius 1 is 1.27 bits per heavy atom. The average Bonchev–Trinajstić information content (AvgIpc) is 2.92. The molecule has 1 aliphatic heterocycles. The van der Waals surface area contributed by atoms with E-state index in [0.717, 1.165) is 50.5 Å². The molecule has 0 N–H and O–H groups in total. The van der Waals surface area contributed by atoms with Gasteiger partial charge in [0.25, 0.3) is 0 Å². The minimum atomic E-state index is 0.611. The van der Waals surface area contributed by atoms with Crippen LogP contribution in [0.3, 0.4) is 0 Å². The quantitative estimate of drug-likeness (QED) is 0.864. The van der Waals surface area contributed by atoms with Crippen LogP contribution in [0.15, 0.2) is 29.1 Å². The molecule has 0 unspecified atom stereocenters. The van der Waals surface area contributed by atoms with Gasteiger partial charge >= 0.3 is 0 Å². The van der Waals surface area contributed by atoms with Gasteiger partial charge in [-0.1, -0.05) is 11.6 Å². The summed E-state index contributed by atoms with van der Waals surface area (Å²) in [6, 6.07) is 7.81. The van der Waals surface area contributed by atoms with E-state index >= 15 is 0 Å². The molecule has 1 aromatic heterocycles. The number of benzene rings is 1. The maximum Gasteiger partial charge on any atom is 0.101 e. The standard InChI is InChI=1S/C16H17ClN4S/c17-14-2-3-16(13(8-14)9-18)21-5-1-4-20(6-7-21)10-15-11-22-12-19-15/h2-3,8,11-12H,1,4-7,10H2. The molecule has 1 fully saturated rings. The van der Waals surface area contributed by atoms with Crippen molar-refractivity contribution in [1.82, 2.24) is 9.88 Å². The molecule has 4 nitrogen and oxygen atoms in total. The van der Waals surface area contributed by atoms with E-state index in [1.54, 1.807) is 17.4 Å². The van der Waals surface area contributed by atoms with Crippen molar-refractivity contribution in [1.29, 1.82) is 5.26 Å². The van der Waals surface area contributed by atoms with Gasteiger partial charge in [0.1, 0.15) is 6.07 Å². The highest BCUT2D eigenvalue weighted by molar-refractivity contribution is 7.07. The summed E-state index contributed by atoms with van der Waals surface area (Å²) >= 11 is 7.63. The molecular weight excluding hydrogens is 316 g/mol. The number of halogens is 1. The zero-order valence-electron chi connectivity index (χ0n) is 12.2. The van der Waals surface area contributed by atoms with Crippen molar-refractivity contribution in [3.8, 4) is 6.07 Å². The molecule has 0 spiro atoms. The number of hydrogen-bond donors (Lipinski definition) is 0. The molecule has 114 valence electrons. The minimum absolute atomic E-state index is 0.611. The van der Waals surface area contributed by atoms with Crippen LogP contribution in [0, 0.1) is 11.3 Å². The summed E-state index contributed by atoms with van der Waals surface area (Å²) in [4.78, 5) is 9.08. The fraction of sp³-hybridized carbons (Fsp3) is 0.375. The molecule has 0 atom stereocenters. The Labute approximate surface area is 139 Å². The Morgan fingerprint density at radius 2 is 2.18 bits per heavy atom. The summed E-state index contributed by atoms with van der Waals surface area (Å²) in [5, 5.41) is 12.0. The molecule has 6 heteroatoms. The average molecular weight is 333 g/mol. The number of nitrogens with zero attached hydrogens (tertiary/aromatic N) is 4. The Kier molecular flexibility index (Phi) is 4.94. The van der Waals surface area contributed by atoms with E-state index in [1.165, 1.54) is 0 Å². The number of hydrogen-bond acceptors (Lipinski definition) is 5.